The molecule has 0 spiro atoms. The maximum Gasteiger partial charge on any atom is 0.250 e. The molecular formula is C27H33BFN3O. The number of fused-ring (bicyclic) bond motifs is 1. The molecule has 0 bridgehead atoms. The number of amides is 1. The first kappa shape index (κ1) is 23.3. The summed E-state index contributed by atoms with van der Waals surface area (Å²) in [6, 6.07) is 14.1. The van der Waals surface area contributed by atoms with Crippen molar-refractivity contribution in [3.05, 3.63) is 64.8 Å². The number of benzene rings is 2. The quantitative estimate of drug-likeness (QED) is 0.570. The smallest absolute Gasteiger partial charge is 0.250 e. The van der Waals surface area contributed by atoms with Crippen LogP contribution in [-0.4, -0.2) is 30.8 Å². The summed E-state index contributed by atoms with van der Waals surface area (Å²) in [5.41, 5.74) is 4.87. The van der Waals surface area contributed by atoms with Gasteiger partial charge in [0.15, 0.2) is 0 Å². The van der Waals surface area contributed by atoms with Crippen molar-refractivity contribution >= 4 is 35.8 Å². The minimum Gasteiger partial charge on any atom is -0.382 e. The van der Waals surface area contributed by atoms with Gasteiger partial charge in [-0.25, -0.2) is 9.37 Å². The van der Waals surface area contributed by atoms with Crippen molar-refractivity contribution in [3.63, 3.8) is 0 Å². The van der Waals surface area contributed by atoms with Gasteiger partial charge in [-0.3, -0.25) is 4.79 Å². The number of hydrogen-bond acceptors (Lipinski definition) is 3. The van der Waals surface area contributed by atoms with Crippen LogP contribution < -0.4 is 16.1 Å². The van der Waals surface area contributed by atoms with E-state index in [1.54, 1.807) is 13.8 Å². The van der Waals surface area contributed by atoms with Crippen LogP contribution in [0.5, 0.6) is 0 Å². The Bertz CT molecular complexity index is 1180. The molecule has 6 heteroatoms. The molecule has 0 unspecified atom stereocenters. The Morgan fingerprint density at radius 3 is 2.42 bits per heavy atom. The van der Waals surface area contributed by atoms with E-state index >= 15 is 0 Å². The predicted octanol–water partition coefficient (Wildman–Crippen LogP) is 4.47. The zero-order chi connectivity index (χ0) is 23.8. The highest BCUT2D eigenvalue weighted by molar-refractivity contribution is 6.37. The second kappa shape index (κ2) is 9.16. The molecule has 1 aliphatic carbocycles. The Hall–Kier alpha value is -2.89. The van der Waals surface area contributed by atoms with Gasteiger partial charge in [-0.1, -0.05) is 35.3 Å². The molecule has 0 atom stereocenters. The second-order valence-corrected chi connectivity index (χ2v) is 9.89. The molecule has 1 aromatic heterocycles. The number of carbonyl (C=O) groups excluding carboxylic acids is 1. The SMILES string of the molecule is Bc1c(C(=O)NC2CCC(Nc3cc(C(C)(C)F)nc4ccccc34)CC2)ccc(C)c1C. The van der Waals surface area contributed by atoms with E-state index in [-0.39, 0.29) is 18.0 Å². The van der Waals surface area contributed by atoms with Crippen molar-refractivity contribution in [1.29, 1.82) is 0 Å². The largest absolute Gasteiger partial charge is 0.382 e. The van der Waals surface area contributed by atoms with E-state index in [9.17, 15) is 9.18 Å². The lowest BCUT2D eigenvalue weighted by atomic mass is 9.83. The van der Waals surface area contributed by atoms with Crippen LogP contribution in [0.4, 0.5) is 10.1 Å². The van der Waals surface area contributed by atoms with Crippen molar-refractivity contribution in [2.45, 2.75) is 71.1 Å². The molecular weight excluding hydrogens is 412 g/mol. The van der Waals surface area contributed by atoms with Crippen LogP contribution in [0, 0.1) is 13.8 Å². The fourth-order valence-electron chi connectivity index (χ4n) is 4.67. The summed E-state index contributed by atoms with van der Waals surface area (Å²) in [5.74, 6) is 0.0157. The number of alkyl halides is 1. The third kappa shape index (κ3) is 5.05. The Morgan fingerprint density at radius 1 is 1.06 bits per heavy atom. The number of halogens is 1. The minimum atomic E-state index is -1.51. The normalized spacial score (nSPS) is 18.8. The summed E-state index contributed by atoms with van der Waals surface area (Å²) in [6.07, 6.45) is 3.72. The van der Waals surface area contributed by atoms with Gasteiger partial charge in [0.25, 0.3) is 5.91 Å². The lowest BCUT2D eigenvalue weighted by molar-refractivity contribution is 0.0927. The van der Waals surface area contributed by atoms with Crippen LogP contribution in [0.1, 0.15) is 66.7 Å². The van der Waals surface area contributed by atoms with Gasteiger partial charge < -0.3 is 10.6 Å². The highest BCUT2D eigenvalue weighted by Crippen LogP contribution is 2.32. The molecule has 0 radical (unpaired) electrons. The van der Waals surface area contributed by atoms with E-state index < -0.39 is 5.67 Å². The number of aromatic nitrogens is 1. The van der Waals surface area contributed by atoms with E-state index in [2.05, 4.69) is 29.5 Å². The van der Waals surface area contributed by atoms with Gasteiger partial charge in [-0.2, -0.15) is 0 Å². The Labute approximate surface area is 196 Å². The molecule has 4 nitrogen and oxygen atoms in total. The van der Waals surface area contributed by atoms with Crippen LogP contribution in [-0.2, 0) is 5.67 Å². The highest BCUT2D eigenvalue weighted by atomic mass is 19.1. The second-order valence-electron chi connectivity index (χ2n) is 9.89. The molecule has 33 heavy (non-hydrogen) atoms. The van der Waals surface area contributed by atoms with Crippen LogP contribution in [0.3, 0.4) is 0 Å². The van der Waals surface area contributed by atoms with Crippen molar-refractivity contribution in [3.8, 4) is 0 Å². The van der Waals surface area contributed by atoms with Gasteiger partial charge >= 0.3 is 0 Å². The Morgan fingerprint density at radius 2 is 1.73 bits per heavy atom. The molecule has 1 aliphatic rings. The zero-order valence-electron chi connectivity index (χ0n) is 20.3. The third-order valence-electron chi connectivity index (χ3n) is 7.05. The number of para-hydroxylation sites is 1. The molecule has 0 aliphatic heterocycles. The van der Waals surface area contributed by atoms with Gasteiger partial charge in [0.1, 0.15) is 13.5 Å². The fraction of sp³-hybridized carbons (Fsp3) is 0.407. The van der Waals surface area contributed by atoms with E-state index in [1.807, 2.05) is 50.3 Å². The van der Waals surface area contributed by atoms with Crippen LogP contribution >= 0.6 is 0 Å². The minimum absolute atomic E-state index is 0.0157. The molecule has 1 amide bonds. The summed E-state index contributed by atoms with van der Waals surface area (Å²) < 4.78 is 14.7. The first-order chi connectivity index (χ1) is 15.6. The van der Waals surface area contributed by atoms with Crippen molar-refractivity contribution < 1.29 is 9.18 Å². The number of pyridine rings is 1. The highest BCUT2D eigenvalue weighted by Gasteiger charge is 2.26. The predicted molar refractivity (Wildman–Crippen MR) is 137 cm³/mol. The first-order valence-electron chi connectivity index (χ1n) is 11.9. The van der Waals surface area contributed by atoms with Gasteiger partial charge in [0.2, 0.25) is 0 Å². The number of nitrogens with one attached hydrogen (secondary N) is 2. The Kier molecular flexibility index (Phi) is 6.46. The molecule has 0 saturated heterocycles. The van der Waals surface area contributed by atoms with E-state index in [0.29, 0.717) is 5.69 Å². The monoisotopic (exact) mass is 445 g/mol. The number of aryl methyl sites for hydroxylation is 1. The number of carbonyl (C=O) groups is 1. The standard InChI is InChI=1S/C27H33BFN3O/c1-16-9-14-21(25(28)17(16)2)26(33)31-19-12-10-18(11-13-19)30-23-15-24(27(3,4)29)32-22-8-6-5-7-20(22)23/h5-9,14-15,18-19H,10-13,28H2,1-4H3,(H,30,32)(H,31,33). The van der Waals surface area contributed by atoms with Gasteiger partial charge in [0.05, 0.1) is 11.2 Å². The summed E-state index contributed by atoms with van der Waals surface area (Å²) in [6.45, 7) is 7.22. The van der Waals surface area contributed by atoms with Crippen molar-refractivity contribution in [2.75, 3.05) is 5.32 Å². The van der Waals surface area contributed by atoms with Crippen molar-refractivity contribution in [2.24, 2.45) is 0 Å². The topological polar surface area (TPSA) is 54.0 Å². The molecule has 1 saturated carbocycles. The average Bonchev–Trinajstić information content (AvgIpc) is 2.78. The number of hydrogen-bond donors (Lipinski definition) is 2. The summed E-state index contributed by atoms with van der Waals surface area (Å²) >= 11 is 0. The number of rotatable bonds is 5. The molecule has 172 valence electrons. The van der Waals surface area contributed by atoms with Gasteiger partial charge in [-0.15, -0.1) is 0 Å². The zero-order valence-corrected chi connectivity index (χ0v) is 20.3. The van der Waals surface area contributed by atoms with Crippen LogP contribution in [0.2, 0.25) is 0 Å². The molecule has 4 rings (SSSR count). The maximum atomic E-state index is 14.7. The number of anilines is 1. The average molecular weight is 445 g/mol. The molecule has 1 heterocycles. The van der Waals surface area contributed by atoms with Gasteiger partial charge in [-0.05, 0) is 77.1 Å². The van der Waals surface area contributed by atoms with E-state index in [1.165, 1.54) is 11.1 Å². The third-order valence-corrected chi connectivity index (χ3v) is 7.05. The lowest BCUT2D eigenvalue weighted by Crippen LogP contribution is -2.41. The fourth-order valence-corrected chi connectivity index (χ4v) is 4.67. The molecule has 2 aromatic carbocycles. The summed E-state index contributed by atoms with van der Waals surface area (Å²) in [7, 11) is 2.02. The maximum absolute atomic E-state index is 14.7. The van der Waals surface area contributed by atoms with Crippen LogP contribution in [0.25, 0.3) is 10.9 Å². The number of nitrogens with zero attached hydrogens (tertiary/aromatic N) is 1. The van der Waals surface area contributed by atoms with Gasteiger partial charge in [0, 0.05) is 28.7 Å². The summed E-state index contributed by atoms with van der Waals surface area (Å²) in [4.78, 5) is 17.4. The van der Waals surface area contributed by atoms with Crippen molar-refractivity contribution in [1.82, 2.24) is 10.3 Å². The molecule has 2 N–H and O–H groups in total. The molecule has 3 aromatic rings. The van der Waals surface area contributed by atoms with E-state index in [0.717, 1.165) is 53.3 Å². The lowest BCUT2D eigenvalue weighted by Gasteiger charge is -2.31. The first-order valence-corrected chi connectivity index (χ1v) is 11.9. The summed E-state index contributed by atoms with van der Waals surface area (Å²) in [5, 5.41) is 7.89. The van der Waals surface area contributed by atoms with Crippen LogP contribution in [0.15, 0.2) is 42.5 Å². The Balaban J connectivity index is 1.42. The molecule has 1 fully saturated rings. The van der Waals surface area contributed by atoms with E-state index in [4.69, 9.17) is 0 Å².